The molecule has 1 atom stereocenters. The minimum Gasteiger partial charge on any atom is -0.366 e. The van der Waals surface area contributed by atoms with E-state index in [1.807, 2.05) is 6.07 Å². The van der Waals surface area contributed by atoms with Crippen LogP contribution in [-0.2, 0) is 0 Å². The summed E-state index contributed by atoms with van der Waals surface area (Å²) in [5.74, 6) is 0. The Morgan fingerprint density at radius 2 is 2.11 bits per heavy atom. The van der Waals surface area contributed by atoms with Gasteiger partial charge < -0.3 is 10.2 Å². The zero-order valence-electron chi connectivity index (χ0n) is 11.2. The van der Waals surface area contributed by atoms with Crippen molar-refractivity contribution in [3.8, 4) is 6.07 Å². The van der Waals surface area contributed by atoms with Gasteiger partial charge in [0.05, 0.1) is 18.5 Å². The third kappa shape index (κ3) is 3.02. The van der Waals surface area contributed by atoms with Crippen LogP contribution >= 0.6 is 0 Å². The molecule has 0 aromatic heterocycles. The highest BCUT2D eigenvalue weighted by Crippen LogP contribution is 2.26. The van der Waals surface area contributed by atoms with E-state index in [0.29, 0.717) is 6.42 Å². The molecule has 1 aromatic carbocycles. The zero-order valence-corrected chi connectivity index (χ0v) is 11.2. The van der Waals surface area contributed by atoms with Gasteiger partial charge in [-0.3, -0.25) is 0 Å². The van der Waals surface area contributed by atoms with E-state index in [9.17, 15) is 0 Å². The van der Waals surface area contributed by atoms with Gasteiger partial charge in [-0.15, -0.1) is 0 Å². The van der Waals surface area contributed by atoms with Crippen molar-refractivity contribution in [3.63, 3.8) is 0 Å². The van der Waals surface area contributed by atoms with Crippen molar-refractivity contribution in [2.75, 3.05) is 24.5 Å². The smallest absolute Gasteiger partial charge is 0.0643 e. The lowest BCUT2D eigenvalue weighted by molar-refractivity contribution is 0.369. The lowest BCUT2D eigenvalue weighted by Gasteiger charge is -2.35. The average molecular weight is 243 g/mol. The molecule has 1 saturated heterocycles. The molecule has 0 aliphatic carbocycles. The van der Waals surface area contributed by atoms with E-state index in [2.05, 4.69) is 54.4 Å². The highest BCUT2D eigenvalue weighted by atomic mass is 15.2. The fraction of sp³-hybridized carbons (Fsp3) is 0.533. The molecule has 0 spiro atoms. The summed E-state index contributed by atoms with van der Waals surface area (Å²) in [5.41, 5.74) is 1.44. The Labute approximate surface area is 109 Å². The van der Waals surface area contributed by atoms with Crippen LogP contribution < -0.4 is 10.2 Å². The molecule has 1 aromatic rings. The summed E-state index contributed by atoms with van der Waals surface area (Å²) in [6.07, 6.45) is 0.567. The number of nitrogens with zero attached hydrogens (tertiary/aromatic N) is 2. The second-order valence-electron chi connectivity index (χ2n) is 5.77. The minimum atomic E-state index is 0.222. The molecule has 3 nitrogen and oxygen atoms in total. The first-order valence-electron chi connectivity index (χ1n) is 6.52. The lowest BCUT2D eigenvalue weighted by atomic mass is 9.92. The van der Waals surface area contributed by atoms with Gasteiger partial charge in [0.25, 0.3) is 0 Å². The zero-order chi connectivity index (χ0) is 13.0. The third-order valence-corrected chi connectivity index (χ3v) is 3.44. The molecule has 1 heterocycles. The predicted octanol–water partition coefficient (Wildman–Crippen LogP) is 2.40. The molecule has 1 aliphatic rings. The second-order valence-corrected chi connectivity index (χ2v) is 5.77. The number of benzene rings is 1. The fourth-order valence-electron chi connectivity index (χ4n) is 2.54. The number of hydrogen-bond donors (Lipinski definition) is 1. The maximum Gasteiger partial charge on any atom is 0.0643 e. The Bertz CT molecular complexity index is 419. The molecule has 18 heavy (non-hydrogen) atoms. The summed E-state index contributed by atoms with van der Waals surface area (Å²) in [6.45, 7) is 7.40. The summed E-state index contributed by atoms with van der Waals surface area (Å²) in [7, 11) is 0. The van der Waals surface area contributed by atoms with Gasteiger partial charge >= 0.3 is 0 Å². The molecule has 0 bridgehead atoms. The molecule has 0 amide bonds. The van der Waals surface area contributed by atoms with Crippen molar-refractivity contribution in [2.24, 2.45) is 5.41 Å². The Balaban J connectivity index is 2.27. The first-order valence-corrected chi connectivity index (χ1v) is 6.52. The molecule has 0 radical (unpaired) electrons. The minimum absolute atomic E-state index is 0.222. The van der Waals surface area contributed by atoms with Crippen LogP contribution in [0.2, 0.25) is 0 Å². The maximum absolute atomic E-state index is 9.00. The Kier molecular flexibility index (Phi) is 3.88. The van der Waals surface area contributed by atoms with Gasteiger partial charge in [0.1, 0.15) is 0 Å². The van der Waals surface area contributed by atoms with Crippen molar-refractivity contribution in [3.05, 3.63) is 30.3 Å². The monoisotopic (exact) mass is 243 g/mol. The van der Waals surface area contributed by atoms with Gasteiger partial charge in [0.2, 0.25) is 0 Å². The summed E-state index contributed by atoms with van der Waals surface area (Å²) in [5, 5.41) is 12.5. The van der Waals surface area contributed by atoms with Crippen LogP contribution in [0, 0.1) is 16.7 Å². The van der Waals surface area contributed by atoms with Crippen LogP contribution in [0.1, 0.15) is 20.3 Å². The number of para-hydroxylation sites is 1. The van der Waals surface area contributed by atoms with Crippen LogP contribution in [0.15, 0.2) is 30.3 Å². The van der Waals surface area contributed by atoms with Crippen molar-refractivity contribution in [1.82, 2.24) is 5.32 Å². The van der Waals surface area contributed by atoms with Crippen LogP contribution in [0.5, 0.6) is 0 Å². The largest absolute Gasteiger partial charge is 0.366 e. The molecule has 1 unspecified atom stereocenters. The van der Waals surface area contributed by atoms with Gasteiger partial charge in [0, 0.05) is 25.3 Å². The number of nitriles is 1. The lowest BCUT2D eigenvalue weighted by Crippen LogP contribution is -2.41. The van der Waals surface area contributed by atoms with Gasteiger partial charge in [-0.1, -0.05) is 32.0 Å². The quantitative estimate of drug-likeness (QED) is 0.867. The molecule has 1 N–H and O–H groups in total. The predicted molar refractivity (Wildman–Crippen MR) is 74.5 cm³/mol. The van der Waals surface area contributed by atoms with E-state index < -0.39 is 0 Å². The first-order chi connectivity index (χ1) is 8.62. The van der Waals surface area contributed by atoms with E-state index in [-0.39, 0.29) is 11.5 Å². The third-order valence-electron chi connectivity index (χ3n) is 3.44. The molecule has 1 fully saturated rings. The number of rotatable bonds is 2. The van der Waals surface area contributed by atoms with Gasteiger partial charge in [0.15, 0.2) is 0 Å². The Morgan fingerprint density at radius 3 is 2.78 bits per heavy atom. The molecule has 3 heteroatoms. The summed E-state index contributed by atoms with van der Waals surface area (Å²) >= 11 is 0. The fourth-order valence-corrected chi connectivity index (χ4v) is 2.54. The Morgan fingerprint density at radius 1 is 1.39 bits per heavy atom. The first kappa shape index (κ1) is 12.9. The summed E-state index contributed by atoms with van der Waals surface area (Å²) < 4.78 is 0. The topological polar surface area (TPSA) is 39.1 Å². The van der Waals surface area contributed by atoms with Gasteiger partial charge in [-0.05, 0) is 17.5 Å². The molecular formula is C15H21N3. The standard InChI is InChI=1S/C15H21N3/c1-15(2)11-17-10-14(8-9-16)18(12-15)13-6-4-3-5-7-13/h3-7,14,17H,8,10-12H2,1-2H3. The molecule has 2 rings (SSSR count). The summed E-state index contributed by atoms with van der Waals surface area (Å²) in [6, 6.07) is 13.0. The average Bonchev–Trinajstić information content (AvgIpc) is 2.50. The second kappa shape index (κ2) is 5.41. The highest BCUT2D eigenvalue weighted by molar-refractivity contribution is 5.48. The maximum atomic E-state index is 9.00. The highest BCUT2D eigenvalue weighted by Gasteiger charge is 2.30. The van der Waals surface area contributed by atoms with E-state index >= 15 is 0 Å². The SMILES string of the molecule is CC1(C)CNCC(CC#N)N(c2ccccc2)C1. The van der Waals surface area contributed by atoms with Crippen LogP contribution in [0.3, 0.4) is 0 Å². The van der Waals surface area contributed by atoms with Gasteiger partial charge in [-0.2, -0.15) is 5.26 Å². The number of hydrogen-bond acceptors (Lipinski definition) is 3. The van der Waals surface area contributed by atoms with Crippen molar-refractivity contribution >= 4 is 5.69 Å². The molecule has 1 aliphatic heterocycles. The van der Waals surface area contributed by atoms with E-state index in [1.165, 1.54) is 5.69 Å². The molecule has 0 saturated carbocycles. The van der Waals surface area contributed by atoms with Crippen LogP contribution in [0.25, 0.3) is 0 Å². The van der Waals surface area contributed by atoms with Crippen molar-refractivity contribution < 1.29 is 0 Å². The molecule has 96 valence electrons. The van der Waals surface area contributed by atoms with E-state index in [4.69, 9.17) is 5.26 Å². The number of nitrogens with one attached hydrogen (secondary N) is 1. The van der Waals surface area contributed by atoms with E-state index in [1.54, 1.807) is 0 Å². The molecular weight excluding hydrogens is 222 g/mol. The number of anilines is 1. The Hall–Kier alpha value is -1.53. The van der Waals surface area contributed by atoms with E-state index in [0.717, 1.165) is 19.6 Å². The van der Waals surface area contributed by atoms with Crippen LogP contribution in [-0.4, -0.2) is 25.7 Å². The van der Waals surface area contributed by atoms with Crippen LogP contribution in [0.4, 0.5) is 5.69 Å². The van der Waals surface area contributed by atoms with Gasteiger partial charge in [-0.25, -0.2) is 0 Å². The summed E-state index contributed by atoms with van der Waals surface area (Å²) in [4.78, 5) is 2.38. The van der Waals surface area contributed by atoms with Crippen molar-refractivity contribution in [2.45, 2.75) is 26.3 Å². The normalized spacial score (nSPS) is 23.2. The van der Waals surface area contributed by atoms with Crippen molar-refractivity contribution in [1.29, 1.82) is 5.26 Å².